The normalized spacial score (nSPS) is 10.5. The fraction of sp³-hybridized carbons (Fsp3) is 0.0625. The van der Waals surface area contributed by atoms with Gasteiger partial charge in [-0.1, -0.05) is 17.3 Å². The largest absolute Gasteiger partial charge is 0.504 e. The van der Waals surface area contributed by atoms with Crippen LogP contribution in [0.15, 0.2) is 53.3 Å². The summed E-state index contributed by atoms with van der Waals surface area (Å²) >= 11 is 0. The number of nitrogens with zero attached hydrogens (tertiary/aromatic N) is 1. The molecule has 3 aromatic rings. The summed E-state index contributed by atoms with van der Waals surface area (Å²) < 4.78 is 4.80. The van der Waals surface area contributed by atoms with Crippen molar-refractivity contribution in [2.45, 2.75) is 6.54 Å². The average Bonchev–Trinajstić information content (AvgIpc) is 3.05. The van der Waals surface area contributed by atoms with Gasteiger partial charge in [-0.3, -0.25) is 0 Å². The first-order valence-corrected chi connectivity index (χ1v) is 6.62. The van der Waals surface area contributed by atoms with Gasteiger partial charge in [0.05, 0.1) is 0 Å². The van der Waals surface area contributed by atoms with E-state index in [4.69, 9.17) is 4.52 Å². The number of phenols is 3. The van der Waals surface area contributed by atoms with Crippen molar-refractivity contribution in [3.63, 3.8) is 0 Å². The molecular weight excluding hydrogens is 284 g/mol. The zero-order valence-electron chi connectivity index (χ0n) is 11.5. The molecule has 0 fully saturated rings. The van der Waals surface area contributed by atoms with Gasteiger partial charge < -0.3 is 25.2 Å². The summed E-state index contributed by atoms with van der Waals surface area (Å²) in [5.41, 5.74) is 3.23. The van der Waals surface area contributed by atoms with E-state index < -0.39 is 5.75 Å². The number of aromatic nitrogens is 1. The van der Waals surface area contributed by atoms with Crippen molar-refractivity contribution >= 4 is 5.69 Å². The minimum Gasteiger partial charge on any atom is -0.504 e. The van der Waals surface area contributed by atoms with Crippen molar-refractivity contribution in [1.29, 1.82) is 0 Å². The zero-order chi connectivity index (χ0) is 15.5. The van der Waals surface area contributed by atoms with Crippen molar-refractivity contribution in [2.24, 2.45) is 0 Å². The van der Waals surface area contributed by atoms with Gasteiger partial charge in [0, 0.05) is 23.9 Å². The van der Waals surface area contributed by atoms with E-state index in [1.807, 2.05) is 24.3 Å². The first-order valence-electron chi connectivity index (χ1n) is 6.62. The van der Waals surface area contributed by atoms with E-state index in [0.717, 1.165) is 16.9 Å². The van der Waals surface area contributed by atoms with E-state index in [1.165, 1.54) is 18.4 Å². The second-order valence-corrected chi connectivity index (χ2v) is 4.80. The fourth-order valence-corrected chi connectivity index (χ4v) is 2.09. The minimum absolute atomic E-state index is 0.349. The Balaban J connectivity index is 1.69. The molecule has 0 aliphatic rings. The zero-order valence-corrected chi connectivity index (χ0v) is 11.5. The van der Waals surface area contributed by atoms with Gasteiger partial charge in [-0.05, 0) is 29.8 Å². The maximum atomic E-state index is 9.47. The third kappa shape index (κ3) is 2.80. The van der Waals surface area contributed by atoms with Gasteiger partial charge >= 0.3 is 0 Å². The molecule has 6 nitrogen and oxygen atoms in total. The van der Waals surface area contributed by atoms with Crippen molar-refractivity contribution in [2.75, 3.05) is 5.32 Å². The third-order valence-electron chi connectivity index (χ3n) is 3.24. The van der Waals surface area contributed by atoms with E-state index in [1.54, 1.807) is 6.07 Å². The van der Waals surface area contributed by atoms with Crippen LogP contribution >= 0.6 is 0 Å². The highest BCUT2D eigenvalue weighted by Gasteiger charge is 2.08. The van der Waals surface area contributed by atoms with Crippen LogP contribution in [0.1, 0.15) is 5.56 Å². The maximum Gasteiger partial charge on any atom is 0.200 e. The molecule has 4 N–H and O–H groups in total. The van der Waals surface area contributed by atoms with Gasteiger partial charge in [0.1, 0.15) is 12.0 Å². The van der Waals surface area contributed by atoms with Gasteiger partial charge in [-0.15, -0.1) is 0 Å². The summed E-state index contributed by atoms with van der Waals surface area (Å²) in [5.74, 6) is -1.21. The number of anilines is 1. The van der Waals surface area contributed by atoms with E-state index in [0.29, 0.717) is 12.1 Å². The van der Waals surface area contributed by atoms with E-state index in [2.05, 4.69) is 10.5 Å². The molecule has 1 heterocycles. The van der Waals surface area contributed by atoms with Crippen molar-refractivity contribution < 1.29 is 19.8 Å². The lowest BCUT2D eigenvalue weighted by molar-refractivity contribution is 0.367. The molecule has 0 saturated carbocycles. The summed E-state index contributed by atoms with van der Waals surface area (Å²) in [4.78, 5) is 0. The van der Waals surface area contributed by atoms with Crippen LogP contribution in [0.5, 0.6) is 17.2 Å². The van der Waals surface area contributed by atoms with E-state index in [9.17, 15) is 15.3 Å². The molecule has 0 radical (unpaired) electrons. The molecule has 112 valence electrons. The number of aromatic hydroxyl groups is 3. The predicted molar refractivity (Wildman–Crippen MR) is 80.7 cm³/mol. The first-order chi connectivity index (χ1) is 10.6. The summed E-state index contributed by atoms with van der Waals surface area (Å²) in [6, 6.07) is 12.2. The maximum absolute atomic E-state index is 9.47. The Bertz CT molecular complexity index is 744. The molecule has 0 aliphatic carbocycles. The smallest absolute Gasteiger partial charge is 0.200 e. The standard InChI is InChI=1S/C16H14N2O4/c19-14-7-10(8-15(20)16(14)21)9-17-12-3-1-11(2-4-12)13-5-6-22-18-13/h1-8,17,19-21H,9H2. The Morgan fingerprint density at radius 3 is 2.23 bits per heavy atom. The molecule has 22 heavy (non-hydrogen) atoms. The summed E-state index contributed by atoms with van der Waals surface area (Å²) in [5, 5.41) is 35.3. The summed E-state index contributed by atoms with van der Waals surface area (Å²) in [6.07, 6.45) is 1.52. The lowest BCUT2D eigenvalue weighted by Gasteiger charge is -2.09. The number of benzene rings is 2. The molecule has 2 aromatic carbocycles. The molecular formula is C16H14N2O4. The molecule has 0 aliphatic heterocycles. The van der Waals surface area contributed by atoms with Crippen LogP contribution in [0, 0.1) is 0 Å². The molecule has 0 bridgehead atoms. The number of phenolic OH excluding ortho intramolecular Hbond substituents is 3. The monoisotopic (exact) mass is 298 g/mol. The lowest BCUT2D eigenvalue weighted by Crippen LogP contribution is -1.99. The van der Waals surface area contributed by atoms with Crippen LogP contribution in [-0.2, 0) is 6.54 Å². The van der Waals surface area contributed by atoms with Crippen molar-refractivity contribution in [3.05, 3.63) is 54.3 Å². The van der Waals surface area contributed by atoms with Crippen molar-refractivity contribution in [1.82, 2.24) is 5.16 Å². The predicted octanol–water partition coefficient (Wildman–Crippen LogP) is 3.07. The molecule has 6 heteroatoms. The Morgan fingerprint density at radius 1 is 0.955 bits per heavy atom. The Labute approximate surface area is 126 Å². The Hall–Kier alpha value is -3.15. The molecule has 0 spiro atoms. The molecule has 0 unspecified atom stereocenters. The molecule has 0 amide bonds. The summed E-state index contributed by atoms with van der Waals surface area (Å²) in [6.45, 7) is 0.394. The van der Waals surface area contributed by atoms with Crippen LogP contribution in [0.4, 0.5) is 5.69 Å². The van der Waals surface area contributed by atoms with Crippen LogP contribution in [0.3, 0.4) is 0 Å². The SMILES string of the molecule is Oc1cc(CNc2ccc(-c3ccon3)cc2)cc(O)c1O. The highest BCUT2D eigenvalue weighted by Crippen LogP contribution is 2.35. The van der Waals surface area contributed by atoms with Crippen LogP contribution in [-0.4, -0.2) is 20.5 Å². The second-order valence-electron chi connectivity index (χ2n) is 4.80. The van der Waals surface area contributed by atoms with Gasteiger partial charge in [0.25, 0.3) is 0 Å². The molecule has 0 saturated heterocycles. The topological polar surface area (TPSA) is 98.8 Å². The lowest BCUT2D eigenvalue weighted by atomic mass is 10.1. The Kier molecular flexibility index (Phi) is 3.57. The molecule has 3 rings (SSSR count). The fourth-order valence-electron chi connectivity index (χ4n) is 2.09. The first kappa shape index (κ1) is 13.8. The van der Waals surface area contributed by atoms with Gasteiger partial charge in [0.2, 0.25) is 0 Å². The third-order valence-corrected chi connectivity index (χ3v) is 3.24. The quantitative estimate of drug-likeness (QED) is 0.552. The van der Waals surface area contributed by atoms with Crippen LogP contribution < -0.4 is 5.32 Å². The number of hydrogen-bond donors (Lipinski definition) is 4. The van der Waals surface area contributed by atoms with E-state index in [-0.39, 0.29) is 11.5 Å². The Morgan fingerprint density at radius 2 is 1.64 bits per heavy atom. The number of rotatable bonds is 4. The van der Waals surface area contributed by atoms with Gasteiger partial charge in [0.15, 0.2) is 17.2 Å². The molecule has 1 aromatic heterocycles. The van der Waals surface area contributed by atoms with Crippen LogP contribution in [0.2, 0.25) is 0 Å². The van der Waals surface area contributed by atoms with Crippen LogP contribution in [0.25, 0.3) is 11.3 Å². The second kappa shape index (κ2) is 5.69. The highest BCUT2D eigenvalue weighted by molar-refractivity contribution is 5.62. The highest BCUT2D eigenvalue weighted by atomic mass is 16.5. The van der Waals surface area contributed by atoms with Gasteiger partial charge in [-0.25, -0.2) is 0 Å². The number of hydrogen-bond acceptors (Lipinski definition) is 6. The van der Waals surface area contributed by atoms with E-state index >= 15 is 0 Å². The van der Waals surface area contributed by atoms with Gasteiger partial charge in [-0.2, -0.15) is 0 Å². The average molecular weight is 298 g/mol. The number of nitrogens with one attached hydrogen (secondary N) is 1. The minimum atomic E-state index is -0.513. The molecule has 0 atom stereocenters. The summed E-state index contributed by atoms with van der Waals surface area (Å²) in [7, 11) is 0. The van der Waals surface area contributed by atoms with Crippen molar-refractivity contribution in [3.8, 4) is 28.5 Å².